The van der Waals surface area contributed by atoms with E-state index >= 15 is 0 Å². The molecule has 1 atom stereocenters. The van der Waals surface area contributed by atoms with Gasteiger partial charge < -0.3 is 9.84 Å². The number of ketones is 1. The molecule has 0 unspecified atom stereocenters. The monoisotopic (exact) mass is 584 g/mol. The normalized spacial score (nSPS) is 16.4. The van der Waals surface area contributed by atoms with Crippen LogP contribution in [0.25, 0.3) is 16.5 Å². The summed E-state index contributed by atoms with van der Waals surface area (Å²) in [5, 5.41) is 22.2. The first kappa shape index (κ1) is 26.6. The highest BCUT2D eigenvalue weighted by molar-refractivity contribution is 8.00. The first-order valence-electron chi connectivity index (χ1n) is 12.4. The number of carbonyl (C=O) groups is 2. The SMILES string of the molecule is COc1ccc(C(O)=C2C(=O)C(=O)N(c3nnc(SCc4cccc5ccccc45)s3)[C@H]2c2cccnc2)cc1F. The number of aromatic nitrogens is 3. The third-order valence-electron chi connectivity index (χ3n) is 6.70. The third kappa shape index (κ3) is 4.94. The number of anilines is 1. The quantitative estimate of drug-likeness (QED) is 0.0798. The van der Waals surface area contributed by atoms with Gasteiger partial charge in [-0.1, -0.05) is 71.6 Å². The Kier molecular flexibility index (Phi) is 7.21. The first-order chi connectivity index (χ1) is 20.0. The molecule has 0 spiro atoms. The molecule has 3 aromatic carbocycles. The number of thioether (sulfide) groups is 1. The molecule has 0 aliphatic carbocycles. The molecule has 1 aliphatic rings. The summed E-state index contributed by atoms with van der Waals surface area (Å²) in [7, 11) is 1.32. The number of hydrogen-bond acceptors (Lipinski definition) is 9. The maximum Gasteiger partial charge on any atom is 0.301 e. The van der Waals surface area contributed by atoms with Crippen LogP contribution in [-0.4, -0.2) is 39.1 Å². The summed E-state index contributed by atoms with van der Waals surface area (Å²) in [6.45, 7) is 0. The summed E-state index contributed by atoms with van der Waals surface area (Å²) in [4.78, 5) is 32.1. The van der Waals surface area contributed by atoms with Crippen molar-refractivity contribution in [1.82, 2.24) is 15.2 Å². The number of aliphatic hydroxyl groups excluding tert-OH is 1. The summed E-state index contributed by atoms with van der Waals surface area (Å²) in [5.41, 5.74) is 1.43. The number of aliphatic hydroxyl groups is 1. The molecule has 0 bridgehead atoms. The summed E-state index contributed by atoms with van der Waals surface area (Å²) < 4.78 is 20.0. The fraction of sp³-hybridized carbons (Fsp3) is 0.100. The second kappa shape index (κ2) is 11.1. The van der Waals surface area contributed by atoms with E-state index in [0.29, 0.717) is 15.7 Å². The summed E-state index contributed by atoms with van der Waals surface area (Å²) in [5.74, 6) is -2.43. The van der Waals surface area contributed by atoms with E-state index in [4.69, 9.17) is 4.74 Å². The zero-order chi connectivity index (χ0) is 28.5. The standard InChI is InChI=1S/C30H21FN4O4S2/c1-39-23-12-11-18(14-22(23)31)26(36)24-25(19-9-5-13-32-15-19)35(28(38)27(24)37)29-33-34-30(41-29)40-16-20-8-4-7-17-6-2-3-10-21(17)20/h2-15,25,36H,16H2,1H3/t25-/m0/s1. The van der Waals surface area contributed by atoms with Gasteiger partial charge in [0.2, 0.25) is 5.13 Å². The molecular weight excluding hydrogens is 563 g/mol. The Morgan fingerprint density at radius 2 is 1.90 bits per heavy atom. The van der Waals surface area contributed by atoms with Crippen LogP contribution in [0.4, 0.5) is 9.52 Å². The zero-order valence-corrected chi connectivity index (χ0v) is 23.2. The average molecular weight is 585 g/mol. The topological polar surface area (TPSA) is 106 Å². The third-order valence-corrected chi connectivity index (χ3v) is 8.81. The van der Waals surface area contributed by atoms with E-state index in [1.807, 2.05) is 18.2 Å². The fourth-order valence-electron chi connectivity index (χ4n) is 4.77. The van der Waals surface area contributed by atoms with Crippen molar-refractivity contribution in [1.29, 1.82) is 0 Å². The molecule has 8 nitrogen and oxygen atoms in total. The van der Waals surface area contributed by atoms with Crippen LogP contribution in [0.3, 0.4) is 0 Å². The largest absolute Gasteiger partial charge is 0.507 e. The molecule has 1 N–H and O–H groups in total. The van der Waals surface area contributed by atoms with E-state index in [2.05, 4.69) is 39.4 Å². The molecule has 2 aromatic heterocycles. The van der Waals surface area contributed by atoms with Crippen LogP contribution in [0, 0.1) is 5.82 Å². The highest BCUT2D eigenvalue weighted by atomic mass is 32.2. The van der Waals surface area contributed by atoms with Gasteiger partial charge in [0.05, 0.1) is 18.7 Å². The molecule has 11 heteroatoms. The van der Waals surface area contributed by atoms with Gasteiger partial charge in [-0.05, 0) is 46.2 Å². The second-order valence-corrected chi connectivity index (χ2v) is 11.3. The number of pyridine rings is 1. The molecule has 5 aromatic rings. The van der Waals surface area contributed by atoms with Crippen molar-refractivity contribution in [2.24, 2.45) is 0 Å². The molecule has 1 saturated heterocycles. The number of methoxy groups -OCH3 is 1. The maximum absolute atomic E-state index is 14.5. The smallest absolute Gasteiger partial charge is 0.301 e. The number of benzene rings is 3. The Labute approximate surface area is 242 Å². The number of carbonyl (C=O) groups excluding carboxylic acids is 2. The highest BCUT2D eigenvalue weighted by Gasteiger charge is 2.48. The molecule has 1 fully saturated rings. The summed E-state index contributed by atoms with van der Waals surface area (Å²) in [6.07, 6.45) is 3.06. The molecule has 1 amide bonds. The van der Waals surface area contributed by atoms with Gasteiger partial charge in [0.15, 0.2) is 15.9 Å². The van der Waals surface area contributed by atoms with Crippen LogP contribution in [0.5, 0.6) is 5.75 Å². The van der Waals surface area contributed by atoms with Crippen molar-refractivity contribution in [2.45, 2.75) is 16.1 Å². The molecular formula is C30H21FN4O4S2. The molecule has 0 saturated carbocycles. The van der Waals surface area contributed by atoms with Crippen molar-refractivity contribution >= 4 is 56.5 Å². The van der Waals surface area contributed by atoms with Crippen molar-refractivity contribution in [2.75, 3.05) is 12.0 Å². The van der Waals surface area contributed by atoms with Gasteiger partial charge in [0.1, 0.15) is 5.76 Å². The lowest BCUT2D eigenvalue weighted by Gasteiger charge is -2.22. The van der Waals surface area contributed by atoms with Crippen molar-refractivity contribution in [3.8, 4) is 5.75 Å². The second-order valence-electron chi connectivity index (χ2n) is 9.08. The number of Topliss-reactive ketones (excluding diaryl/α,β-unsaturated/α-hetero) is 1. The van der Waals surface area contributed by atoms with E-state index in [1.165, 1.54) is 53.4 Å². The predicted octanol–water partition coefficient (Wildman–Crippen LogP) is 6.15. The molecule has 6 rings (SSSR count). The number of hydrogen-bond donors (Lipinski definition) is 1. The minimum absolute atomic E-state index is 0.0202. The van der Waals surface area contributed by atoms with Crippen molar-refractivity contribution in [3.05, 3.63) is 113 Å². The van der Waals surface area contributed by atoms with Gasteiger partial charge in [0, 0.05) is 23.7 Å². The number of amides is 1. The Morgan fingerprint density at radius 3 is 2.68 bits per heavy atom. The van der Waals surface area contributed by atoms with Crippen LogP contribution < -0.4 is 9.64 Å². The summed E-state index contributed by atoms with van der Waals surface area (Å²) >= 11 is 2.64. The molecule has 0 radical (unpaired) electrons. The number of rotatable bonds is 7. The average Bonchev–Trinajstić information content (AvgIpc) is 3.57. The lowest BCUT2D eigenvalue weighted by atomic mass is 9.96. The van der Waals surface area contributed by atoms with Crippen LogP contribution in [0.15, 0.2) is 95.1 Å². The van der Waals surface area contributed by atoms with Gasteiger partial charge in [-0.15, -0.1) is 10.2 Å². The molecule has 41 heavy (non-hydrogen) atoms. The Bertz CT molecular complexity index is 1820. The number of fused-ring (bicyclic) bond motifs is 1. The fourth-order valence-corrected chi connectivity index (χ4v) is 6.64. The van der Waals surface area contributed by atoms with Gasteiger partial charge in [0.25, 0.3) is 5.78 Å². The Morgan fingerprint density at radius 1 is 1.07 bits per heavy atom. The van der Waals surface area contributed by atoms with E-state index in [0.717, 1.165) is 22.4 Å². The number of nitrogens with zero attached hydrogens (tertiary/aromatic N) is 4. The van der Waals surface area contributed by atoms with E-state index < -0.39 is 29.3 Å². The van der Waals surface area contributed by atoms with Crippen LogP contribution in [0.1, 0.15) is 22.7 Å². The molecule has 1 aliphatic heterocycles. The zero-order valence-electron chi connectivity index (χ0n) is 21.5. The summed E-state index contributed by atoms with van der Waals surface area (Å²) in [6, 6.07) is 20.3. The predicted molar refractivity (Wildman–Crippen MR) is 155 cm³/mol. The van der Waals surface area contributed by atoms with E-state index in [-0.39, 0.29) is 22.0 Å². The van der Waals surface area contributed by atoms with Gasteiger partial charge >= 0.3 is 5.91 Å². The van der Waals surface area contributed by atoms with Crippen molar-refractivity contribution in [3.63, 3.8) is 0 Å². The van der Waals surface area contributed by atoms with Crippen LogP contribution >= 0.6 is 23.1 Å². The minimum Gasteiger partial charge on any atom is -0.507 e. The van der Waals surface area contributed by atoms with Crippen LogP contribution in [-0.2, 0) is 15.3 Å². The lowest BCUT2D eigenvalue weighted by Crippen LogP contribution is -2.29. The lowest BCUT2D eigenvalue weighted by molar-refractivity contribution is -0.132. The maximum atomic E-state index is 14.5. The highest BCUT2D eigenvalue weighted by Crippen LogP contribution is 2.44. The Hall–Kier alpha value is -4.61. The van der Waals surface area contributed by atoms with Gasteiger partial charge in [-0.3, -0.25) is 19.5 Å². The van der Waals surface area contributed by atoms with Gasteiger partial charge in [-0.25, -0.2) is 4.39 Å². The van der Waals surface area contributed by atoms with Crippen molar-refractivity contribution < 1.29 is 23.8 Å². The first-order valence-corrected chi connectivity index (χ1v) is 14.2. The van der Waals surface area contributed by atoms with E-state index in [1.54, 1.807) is 18.3 Å². The number of halogens is 1. The minimum atomic E-state index is -1.04. The van der Waals surface area contributed by atoms with Crippen LogP contribution in [0.2, 0.25) is 0 Å². The molecule has 204 valence electrons. The van der Waals surface area contributed by atoms with Gasteiger partial charge in [-0.2, -0.15) is 0 Å². The Balaban J connectivity index is 1.36. The molecule has 3 heterocycles. The van der Waals surface area contributed by atoms with E-state index in [9.17, 15) is 19.1 Å². The number of ether oxygens (including phenoxy) is 1.